The van der Waals surface area contributed by atoms with E-state index in [1.807, 2.05) is 4.90 Å². The van der Waals surface area contributed by atoms with Gasteiger partial charge in [-0.25, -0.2) is 13.8 Å². The Morgan fingerprint density at radius 2 is 2.08 bits per heavy atom. The lowest BCUT2D eigenvalue weighted by atomic mass is 9.99. The minimum atomic E-state index is -0.575. The van der Waals surface area contributed by atoms with Crippen LogP contribution in [0.15, 0.2) is 17.1 Å². The molecule has 0 aliphatic carbocycles. The standard InChI is InChI=1S/C18H26F2N4O/c1-12(2)9-21-18(22-10-17(25)23(3)4)24-6-5-15-13(11-24)7-14(19)8-16(15)20/h7-8,12H,5-6,9-11H2,1-4H3,(H,21,22). The van der Waals surface area contributed by atoms with Crippen LogP contribution in [0.2, 0.25) is 0 Å². The van der Waals surface area contributed by atoms with E-state index >= 15 is 0 Å². The molecule has 5 nitrogen and oxygen atoms in total. The molecule has 0 unspecified atom stereocenters. The van der Waals surface area contributed by atoms with Crippen LogP contribution in [-0.4, -0.2) is 55.4 Å². The highest BCUT2D eigenvalue weighted by molar-refractivity contribution is 5.85. The molecule has 0 saturated heterocycles. The van der Waals surface area contributed by atoms with Crippen LogP contribution in [0.1, 0.15) is 25.0 Å². The summed E-state index contributed by atoms with van der Waals surface area (Å²) >= 11 is 0. The first kappa shape index (κ1) is 19.1. The van der Waals surface area contributed by atoms with Gasteiger partial charge in [0.25, 0.3) is 0 Å². The average Bonchev–Trinajstić information content (AvgIpc) is 2.53. The van der Waals surface area contributed by atoms with E-state index in [0.29, 0.717) is 49.1 Å². The third kappa shape index (κ3) is 5.14. The number of fused-ring (bicyclic) bond motifs is 1. The van der Waals surface area contributed by atoms with Gasteiger partial charge in [-0.2, -0.15) is 0 Å². The molecule has 0 radical (unpaired) electrons. The Morgan fingerprint density at radius 3 is 2.72 bits per heavy atom. The zero-order chi connectivity index (χ0) is 18.6. The molecule has 1 aliphatic heterocycles. The van der Waals surface area contributed by atoms with Gasteiger partial charge in [-0.3, -0.25) is 4.79 Å². The summed E-state index contributed by atoms with van der Waals surface area (Å²) in [5, 5.41) is 3.26. The zero-order valence-corrected chi connectivity index (χ0v) is 15.3. The molecule has 0 spiro atoms. The normalized spacial score (nSPS) is 14.5. The van der Waals surface area contributed by atoms with Gasteiger partial charge in [0, 0.05) is 39.8 Å². The van der Waals surface area contributed by atoms with Crippen molar-refractivity contribution in [2.24, 2.45) is 10.9 Å². The van der Waals surface area contributed by atoms with Crippen LogP contribution in [0.25, 0.3) is 0 Å². The van der Waals surface area contributed by atoms with Crippen molar-refractivity contribution < 1.29 is 13.6 Å². The Kier molecular flexibility index (Phi) is 6.33. The lowest BCUT2D eigenvalue weighted by molar-refractivity contribution is -0.127. The predicted molar refractivity (Wildman–Crippen MR) is 94.3 cm³/mol. The minimum Gasteiger partial charge on any atom is -0.356 e. The van der Waals surface area contributed by atoms with E-state index in [2.05, 4.69) is 24.2 Å². The molecule has 1 amide bonds. The van der Waals surface area contributed by atoms with Gasteiger partial charge in [-0.1, -0.05) is 13.8 Å². The predicted octanol–water partition coefficient (Wildman–Crippen LogP) is 2.01. The highest BCUT2D eigenvalue weighted by atomic mass is 19.1. The molecule has 1 aliphatic rings. The number of carbonyl (C=O) groups excluding carboxylic acids is 1. The molecule has 7 heteroatoms. The summed E-state index contributed by atoms with van der Waals surface area (Å²) in [6.45, 7) is 5.82. The maximum Gasteiger partial charge on any atom is 0.243 e. The number of hydrogen-bond acceptors (Lipinski definition) is 2. The molecule has 1 aromatic rings. The van der Waals surface area contributed by atoms with E-state index in [0.717, 1.165) is 6.07 Å². The molecule has 1 aromatic carbocycles. The van der Waals surface area contributed by atoms with E-state index < -0.39 is 11.6 Å². The number of carbonyl (C=O) groups is 1. The molecule has 25 heavy (non-hydrogen) atoms. The summed E-state index contributed by atoms with van der Waals surface area (Å²) in [5.41, 5.74) is 1.19. The minimum absolute atomic E-state index is 0.0360. The second-order valence-electron chi connectivity index (χ2n) is 6.90. The van der Waals surface area contributed by atoms with Crippen molar-refractivity contribution in [2.45, 2.75) is 26.8 Å². The number of likely N-dealkylation sites (N-methyl/N-ethyl adjacent to an activating group) is 1. The lowest BCUT2D eigenvalue weighted by Crippen LogP contribution is -2.45. The van der Waals surface area contributed by atoms with Gasteiger partial charge in [-0.15, -0.1) is 0 Å². The maximum atomic E-state index is 13.9. The number of benzene rings is 1. The summed E-state index contributed by atoms with van der Waals surface area (Å²) < 4.78 is 27.4. The Labute approximate surface area is 147 Å². The van der Waals surface area contributed by atoms with Crippen LogP contribution < -0.4 is 5.32 Å². The van der Waals surface area contributed by atoms with Gasteiger partial charge >= 0.3 is 0 Å². The number of amides is 1. The van der Waals surface area contributed by atoms with Crippen LogP contribution in [-0.2, 0) is 17.8 Å². The molecule has 0 aromatic heterocycles. The first-order chi connectivity index (χ1) is 11.8. The fourth-order valence-electron chi connectivity index (χ4n) is 2.64. The van der Waals surface area contributed by atoms with Crippen molar-refractivity contribution in [2.75, 3.05) is 33.7 Å². The van der Waals surface area contributed by atoms with Crippen LogP contribution in [0.3, 0.4) is 0 Å². The third-order valence-corrected chi connectivity index (χ3v) is 4.08. The molecule has 2 rings (SSSR count). The first-order valence-electron chi connectivity index (χ1n) is 8.48. The van der Waals surface area contributed by atoms with E-state index in [4.69, 9.17) is 0 Å². The van der Waals surface area contributed by atoms with E-state index in [1.54, 1.807) is 14.1 Å². The fourth-order valence-corrected chi connectivity index (χ4v) is 2.64. The molecule has 0 saturated carbocycles. The van der Waals surface area contributed by atoms with Gasteiger partial charge in [0.15, 0.2) is 5.96 Å². The molecule has 1 heterocycles. The van der Waals surface area contributed by atoms with Crippen molar-refractivity contribution in [3.05, 3.63) is 34.9 Å². The SMILES string of the molecule is CC(C)CNC(=NCC(=O)N(C)C)N1CCc2c(F)cc(F)cc2C1. The summed E-state index contributed by atoms with van der Waals surface area (Å²) in [7, 11) is 3.36. The lowest BCUT2D eigenvalue weighted by Gasteiger charge is -2.32. The van der Waals surface area contributed by atoms with Gasteiger partial charge in [0.1, 0.15) is 18.2 Å². The number of rotatable bonds is 4. The van der Waals surface area contributed by atoms with Gasteiger partial charge in [0.2, 0.25) is 5.91 Å². The van der Waals surface area contributed by atoms with Gasteiger partial charge in [-0.05, 0) is 29.5 Å². The van der Waals surface area contributed by atoms with E-state index in [1.165, 1.54) is 11.0 Å². The van der Waals surface area contributed by atoms with Crippen LogP contribution in [0.4, 0.5) is 8.78 Å². The number of hydrogen-bond donors (Lipinski definition) is 1. The van der Waals surface area contributed by atoms with Gasteiger partial charge in [0.05, 0.1) is 0 Å². The molecule has 0 atom stereocenters. The van der Waals surface area contributed by atoms with Crippen LogP contribution >= 0.6 is 0 Å². The number of nitrogens with zero attached hydrogens (tertiary/aromatic N) is 3. The van der Waals surface area contributed by atoms with Crippen molar-refractivity contribution >= 4 is 11.9 Å². The van der Waals surface area contributed by atoms with E-state index in [-0.39, 0.29) is 12.5 Å². The Morgan fingerprint density at radius 1 is 1.36 bits per heavy atom. The third-order valence-electron chi connectivity index (χ3n) is 4.08. The quantitative estimate of drug-likeness (QED) is 0.666. The van der Waals surface area contributed by atoms with Gasteiger partial charge < -0.3 is 15.1 Å². The molecular weight excluding hydrogens is 326 g/mol. The zero-order valence-electron chi connectivity index (χ0n) is 15.3. The Hall–Kier alpha value is -2.18. The highest BCUT2D eigenvalue weighted by Crippen LogP contribution is 2.23. The average molecular weight is 352 g/mol. The summed E-state index contributed by atoms with van der Waals surface area (Å²) in [4.78, 5) is 19.7. The molecule has 0 bridgehead atoms. The van der Waals surface area contributed by atoms with Crippen molar-refractivity contribution in [1.29, 1.82) is 0 Å². The van der Waals surface area contributed by atoms with Crippen LogP contribution in [0.5, 0.6) is 0 Å². The fraction of sp³-hybridized carbons (Fsp3) is 0.556. The topological polar surface area (TPSA) is 47.9 Å². The smallest absolute Gasteiger partial charge is 0.243 e. The second-order valence-corrected chi connectivity index (χ2v) is 6.90. The monoisotopic (exact) mass is 352 g/mol. The summed E-state index contributed by atoms with van der Waals surface area (Å²) in [6, 6.07) is 2.30. The maximum absolute atomic E-state index is 13.9. The summed E-state index contributed by atoms with van der Waals surface area (Å²) in [6.07, 6.45) is 0.478. The summed E-state index contributed by atoms with van der Waals surface area (Å²) in [5.74, 6) is -0.167. The van der Waals surface area contributed by atoms with E-state index in [9.17, 15) is 13.6 Å². The van der Waals surface area contributed by atoms with Crippen LogP contribution in [0, 0.1) is 17.6 Å². The van der Waals surface area contributed by atoms with Crippen molar-refractivity contribution in [3.63, 3.8) is 0 Å². The first-order valence-corrected chi connectivity index (χ1v) is 8.48. The largest absolute Gasteiger partial charge is 0.356 e. The second kappa shape index (κ2) is 8.27. The van der Waals surface area contributed by atoms with Crippen molar-refractivity contribution in [1.82, 2.24) is 15.1 Å². The molecule has 0 fully saturated rings. The number of nitrogens with one attached hydrogen (secondary N) is 1. The highest BCUT2D eigenvalue weighted by Gasteiger charge is 2.23. The van der Waals surface area contributed by atoms with Crippen molar-refractivity contribution in [3.8, 4) is 0 Å². The molecule has 1 N–H and O–H groups in total. The molecule has 138 valence electrons. The molecular formula is C18H26F2N4O. The number of aliphatic imine (C=N–C) groups is 1. The Balaban J connectivity index is 2.19. The number of guanidine groups is 1. The Bertz CT molecular complexity index is 659. The number of halogens is 2.